The molecular formula is C20H18ClN5O3. The molecule has 9 heteroatoms. The SMILES string of the molecule is N#Cc1ccc(C[C@H](NC(=O)Nc2ccc(Cl)cc2)c2nnc(CCO)o2)cc1. The van der Waals surface area contributed by atoms with Crippen LogP contribution in [0.2, 0.25) is 5.02 Å². The van der Waals surface area contributed by atoms with E-state index in [9.17, 15) is 4.79 Å². The summed E-state index contributed by atoms with van der Waals surface area (Å²) in [4.78, 5) is 12.5. The van der Waals surface area contributed by atoms with Crippen LogP contribution < -0.4 is 10.6 Å². The second kappa shape index (κ2) is 9.68. The van der Waals surface area contributed by atoms with E-state index in [2.05, 4.69) is 26.9 Å². The Balaban J connectivity index is 1.76. The van der Waals surface area contributed by atoms with Gasteiger partial charge in [0.05, 0.1) is 18.2 Å². The number of rotatable bonds is 7. The van der Waals surface area contributed by atoms with Gasteiger partial charge in [-0.05, 0) is 42.0 Å². The maximum Gasteiger partial charge on any atom is 0.319 e. The lowest BCUT2D eigenvalue weighted by Crippen LogP contribution is -2.34. The molecule has 1 heterocycles. The Bertz CT molecular complexity index is 996. The number of carbonyl (C=O) groups excluding carboxylic acids is 1. The molecule has 0 unspecified atom stereocenters. The normalized spacial score (nSPS) is 11.5. The molecule has 2 aromatic carbocycles. The van der Waals surface area contributed by atoms with Crippen LogP contribution in [0, 0.1) is 11.3 Å². The average molecular weight is 412 g/mol. The molecule has 3 N–H and O–H groups in total. The molecule has 1 aromatic heterocycles. The van der Waals surface area contributed by atoms with Crippen molar-refractivity contribution in [3.63, 3.8) is 0 Å². The molecule has 2 amide bonds. The van der Waals surface area contributed by atoms with E-state index in [4.69, 9.17) is 26.4 Å². The third kappa shape index (κ3) is 5.78. The maximum atomic E-state index is 12.5. The summed E-state index contributed by atoms with van der Waals surface area (Å²) in [5.41, 5.74) is 2.00. The summed E-state index contributed by atoms with van der Waals surface area (Å²) >= 11 is 5.86. The van der Waals surface area contributed by atoms with E-state index in [-0.39, 0.29) is 24.8 Å². The zero-order valence-corrected chi connectivity index (χ0v) is 16.1. The third-order valence-corrected chi connectivity index (χ3v) is 4.29. The quantitative estimate of drug-likeness (QED) is 0.548. The molecule has 0 aliphatic carbocycles. The lowest BCUT2D eigenvalue weighted by molar-refractivity contribution is 0.244. The number of aromatic nitrogens is 2. The molecule has 0 bridgehead atoms. The number of amides is 2. The summed E-state index contributed by atoms with van der Waals surface area (Å²) in [6.45, 7) is -0.119. The van der Waals surface area contributed by atoms with Gasteiger partial charge in [-0.25, -0.2) is 4.79 Å². The Hall–Kier alpha value is -3.41. The standard InChI is InChI=1S/C20H18ClN5O3/c21-15-5-7-16(8-6-15)23-20(28)24-17(19-26-25-18(29-19)9-10-27)11-13-1-3-14(12-22)4-2-13/h1-8,17,27H,9-11H2,(H2,23,24,28)/t17-/m0/s1. The monoisotopic (exact) mass is 411 g/mol. The fourth-order valence-corrected chi connectivity index (χ4v) is 2.74. The molecule has 3 rings (SSSR count). The van der Waals surface area contributed by atoms with Crippen molar-refractivity contribution < 1.29 is 14.3 Å². The predicted octanol–water partition coefficient (Wildman–Crippen LogP) is 3.23. The van der Waals surface area contributed by atoms with Crippen molar-refractivity contribution in [2.75, 3.05) is 11.9 Å². The molecule has 29 heavy (non-hydrogen) atoms. The largest absolute Gasteiger partial charge is 0.423 e. The van der Waals surface area contributed by atoms with Gasteiger partial charge in [0.2, 0.25) is 11.8 Å². The molecule has 0 spiro atoms. The summed E-state index contributed by atoms with van der Waals surface area (Å²) in [6, 6.07) is 14.7. The zero-order chi connectivity index (χ0) is 20.6. The van der Waals surface area contributed by atoms with E-state index in [0.717, 1.165) is 5.56 Å². The first-order chi connectivity index (χ1) is 14.1. The van der Waals surface area contributed by atoms with Crippen LogP contribution in [0.5, 0.6) is 0 Å². The topological polar surface area (TPSA) is 124 Å². The average Bonchev–Trinajstić information content (AvgIpc) is 3.19. The number of hydrogen-bond acceptors (Lipinski definition) is 6. The Morgan fingerprint density at radius 3 is 2.55 bits per heavy atom. The van der Waals surface area contributed by atoms with Crippen LogP contribution in [-0.4, -0.2) is 27.9 Å². The number of anilines is 1. The minimum Gasteiger partial charge on any atom is -0.423 e. The Morgan fingerprint density at radius 2 is 1.90 bits per heavy atom. The highest BCUT2D eigenvalue weighted by Crippen LogP contribution is 2.19. The number of benzene rings is 2. The van der Waals surface area contributed by atoms with Crippen LogP contribution in [0.25, 0.3) is 0 Å². The van der Waals surface area contributed by atoms with E-state index < -0.39 is 12.1 Å². The van der Waals surface area contributed by atoms with Gasteiger partial charge >= 0.3 is 6.03 Å². The number of nitrogens with zero attached hydrogens (tertiary/aromatic N) is 3. The number of urea groups is 1. The fraction of sp³-hybridized carbons (Fsp3) is 0.200. The minimum atomic E-state index is -0.602. The molecule has 0 aliphatic heterocycles. The molecule has 8 nitrogen and oxygen atoms in total. The van der Waals surface area contributed by atoms with Crippen molar-refractivity contribution in [3.8, 4) is 6.07 Å². The lowest BCUT2D eigenvalue weighted by atomic mass is 10.0. The lowest BCUT2D eigenvalue weighted by Gasteiger charge is -2.16. The smallest absolute Gasteiger partial charge is 0.319 e. The molecule has 0 saturated carbocycles. The summed E-state index contributed by atoms with van der Waals surface area (Å²) in [5.74, 6) is 0.510. The highest BCUT2D eigenvalue weighted by molar-refractivity contribution is 6.30. The van der Waals surface area contributed by atoms with Gasteiger partial charge in [-0.1, -0.05) is 23.7 Å². The predicted molar refractivity (Wildman–Crippen MR) is 106 cm³/mol. The maximum absolute atomic E-state index is 12.5. The van der Waals surface area contributed by atoms with E-state index in [1.54, 1.807) is 48.5 Å². The van der Waals surface area contributed by atoms with Gasteiger partial charge in [-0.2, -0.15) is 5.26 Å². The van der Waals surface area contributed by atoms with E-state index in [1.807, 2.05) is 0 Å². The second-order valence-corrected chi connectivity index (χ2v) is 6.61. The Labute approximate surface area is 172 Å². The van der Waals surface area contributed by atoms with Gasteiger partial charge in [0, 0.05) is 23.6 Å². The minimum absolute atomic E-state index is 0.119. The highest BCUT2D eigenvalue weighted by atomic mass is 35.5. The van der Waals surface area contributed by atoms with Crippen molar-refractivity contribution in [1.29, 1.82) is 5.26 Å². The fourth-order valence-electron chi connectivity index (χ4n) is 2.61. The first-order valence-electron chi connectivity index (χ1n) is 8.82. The molecule has 3 aromatic rings. The summed E-state index contributed by atoms with van der Waals surface area (Å²) in [5, 5.41) is 32.0. The molecule has 0 aliphatic rings. The number of carbonyl (C=O) groups is 1. The van der Waals surface area contributed by atoms with E-state index >= 15 is 0 Å². The molecule has 0 radical (unpaired) electrons. The number of aliphatic hydroxyl groups is 1. The van der Waals surface area contributed by atoms with Crippen molar-refractivity contribution in [2.24, 2.45) is 0 Å². The molecule has 0 fully saturated rings. The molecule has 148 valence electrons. The second-order valence-electron chi connectivity index (χ2n) is 6.18. The number of hydrogen-bond donors (Lipinski definition) is 3. The van der Waals surface area contributed by atoms with E-state index in [0.29, 0.717) is 22.7 Å². The Morgan fingerprint density at radius 1 is 1.17 bits per heavy atom. The summed E-state index contributed by atoms with van der Waals surface area (Å²) < 4.78 is 5.58. The van der Waals surface area contributed by atoms with Crippen molar-refractivity contribution in [3.05, 3.63) is 76.5 Å². The van der Waals surface area contributed by atoms with Gasteiger partial charge < -0.3 is 20.2 Å². The molecule has 0 saturated heterocycles. The van der Waals surface area contributed by atoms with Crippen LogP contribution in [0.4, 0.5) is 10.5 Å². The van der Waals surface area contributed by atoms with Crippen molar-refractivity contribution in [2.45, 2.75) is 18.9 Å². The van der Waals surface area contributed by atoms with Crippen molar-refractivity contribution >= 4 is 23.3 Å². The van der Waals surface area contributed by atoms with Crippen molar-refractivity contribution in [1.82, 2.24) is 15.5 Å². The van der Waals surface area contributed by atoms with E-state index in [1.165, 1.54) is 0 Å². The highest BCUT2D eigenvalue weighted by Gasteiger charge is 2.22. The molecular weight excluding hydrogens is 394 g/mol. The van der Waals surface area contributed by atoms with Crippen LogP contribution in [0.1, 0.15) is 29.0 Å². The van der Waals surface area contributed by atoms with Gasteiger partial charge in [-0.3, -0.25) is 0 Å². The number of halogens is 1. The first kappa shape index (κ1) is 20.3. The third-order valence-electron chi connectivity index (χ3n) is 4.04. The van der Waals surface area contributed by atoms with Gasteiger partial charge in [0.1, 0.15) is 6.04 Å². The first-order valence-corrected chi connectivity index (χ1v) is 9.20. The summed E-state index contributed by atoms with van der Waals surface area (Å²) in [6.07, 6.45) is 0.605. The Kier molecular flexibility index (Phi) is 6.79. The number of nitriles is 1. The van der Waals surface area contributed by atoms with Gasteiger partial charge in [-0.15, -0.1) is 10.2 Å². The number of nitrogens with one attached hydrogen (secondary N) is 2. The van der Waals surface area contributed by atoms with Crippen LogP contribution in [0.15, 0.2) is 52.9 Å². The number of aliphatic hydroxyl groups excluding tert-OH is 1. The molecule has 1 atom stereocenters. The summed E-state index contributed by atoms with van der Waals surface area (Å²) in [7, 11) is 0. The van der Waals surface area contributed by atoms with Crippen LogP contribution in [-0.2, 0) is 12.8 Å². The van der Waals surface area contributed by atoms with Gasteiger partial charge in [0.25, 0.3) is 0 Å². The van der Waals surface area contributed by atoms with Crippen LogP contribution in [0.3, 0.4) is 0 Å². The van der Waals surface area contributed by atoms with Crippen LogP contribution >= 0.6 is 11.6 Å². The zero-order valence-electron chi connectivity index (χ0n) is 15.3. The van der Waals surface area contributed by atoms with Gasteiger partial charge in [0.15, 0.2) is 0 Å².